The zero-order valence-electron chi connectivity index (χ0n) is 13.6. The second-order valence-corrected chi connectivity index (χ2v) is 5.28. The van der Waals surface area contributed by atoms with Crippen molar-refractivity contribution in [2.24, 2.45) is 0 Å². The van der Waals surface area contributed by atoms with Crippen LogP contribution in [0, 0.1) is 13.8 Å². The van der Waals surface area contributed by atoms with Crippen molar-refractivity contribution in [3.8, 4) is 5.75 Å². The van der Waals surface area contributed by atoms with E-state index in [0.717, 1.165) is 11.1 Å². The fraction of sp³-hybridized carbons (Fsp3) is 0.263. The van der Waals surface area contributed by atoms with E-state index in [9.17, 15) is 9.59 Å². The molecule has 0 aliphatic carbocycles. The number of esters is 1. The first-order valence-corrected chi connectivity index (χ1v) is 7.51. The van der Waals surface area contributed by atoms with Crippen molar-refractivity contribution in [3.05, 3.63) is 64.7 Å². The summed E-state index contributed by atoms with van der Waals surface area (Å²) in [5, 5.41) is 0. The molecule has 4 heteroatoms. The largest absolute Gasteiger partial charge is 0.485 e. The Morgan fingerprint density at radius 2 is 1.70 bits per heavy atom. The third-order valence-corrected chi connectivity index (χ3v) is 3.42. The van der Waals surface area contributed by atoms with Gasteiger partial charge in [0.1, 0.15) is 5.75 Å². The molecule has 2 rings (SSSR count). The molecule has 0 N–H and O–H groups in total. The number of Topliss-reactive ketones (excluding diaryl/α,β-unsaturated/α-hetero) is 1. The highest BCUT2D eigenvalue weighted by molar-refractivity contribution is 5.98. The quantitative estimate of drug-likeness (QED) is 0.602. The van der Waals surface area contributed by atoms with Crippen LogP contribution in [-0.4, -0.2) is 25.0 Å². The van der Waals surface area contributed by atoms with Crippen molar-refractivity contribution in [1.82, 2.24) is 0 Å². The average molecular weight is 312 g/mol. The summed E-state index contributed by atoms with van der Waals surface area (Å²) in [6, 6.07) is 12.3. The molecular formula is C19H20O4. The van der Waals surface area contributed by atoms with Crippen LogP contribution in [0.2, 0.25) is 0 Å². The molecule has 0 fully saturated rings. The Labute approximate surface area is 136 Å². The maximum Gasteiger partial charge on any atom is 0.338 e. The highest BCUT2D eigenvalue weighted by atomic mass is 16.5. The smallest absolute Gasteiger partial charge is 0.338 e. The number of hydrogen-bond acceptors (Lipinski definition) is 4. The predicted octanol–water partition coefficient (Wildman–Crippen LogP) is 3.74. The molecule has 23 heavy (non-hydrogen) atoms. The van der Waals surface area contributed by atoms with E-state index in [2.05, 4.69) is 0 Å². The first-order chi connectivity index (χ1) is 11.0. The van der Waals surface area contributed by atoms with Crippen molar-refractivity contribution in [2.45, 2.75) is 20.8 Å². The van der Waals surface area contributed by atoms with E-state index in [1.165, 1.54) is 0 Å². The first-order valence-electron chi connectivity index (χ1n) is 7.51. The molecular weight excluding hydrogens is 292 g/mol. The second kappa shape index (κ2) is 7.58. The summed E-state index contributed by atoms with van der Waals surface area (Å²) < 4.78 is 10.4. The molecule has 0 aliphatic heterocycles. The van der Waals surface area contributed by atoms with Crippen LogP contribution in [0.3, 0.4) is 0 Å². The lowest BCUT2D eigenvalue weighted by atomic mass is 10.0. The Bertz CT molecular complexity index is 702. The van der Waals surface area contributed by atoms with Crippen LogP contribution in [0.1, 0.15) is 38.8 Å². The summed E-state index contributed by atoms with van der Waals surface area (Å²) in [7, 11) is 0. The Hall–Kier alpha value is -2.62. The molecule has 0 spiro atoms. The number of aryl methyl sites for hydroxylation is 2. The zero-order valence-corrected chi connectivity index (χ0v) is 13.6. The van der Waals surface area contributed by atoms with E-state index < -0.39 is 0 Å². The highest BCUT2D eigenvalue weighted by Crippen LogP contribution is 2.15. The van der Waals surface area contributed by atoms with E-state index in [0.29, 0.717) is 23.5 Å². The molecule has 4 nitrogen and oxygen atoms in total. The Balaban J connectivity index is 1.97. The van der Waals surface area contributed by atoms with Crippen LogP contribution in [0.4, 0.5) is 0 Å². The van der Waals surface area contributed by atoms with Gasteiger partial charge in [0.05, 0.1) is 12.2 Å². The van der Waals surface area contributed by atoms with Gasteiger partial charge in [-0.1, -0.05) is 23.8 Å². The number of carbonyl (C=O) groups excluding carboxylic acids is 2. The normalized spacial score (nSPS) is 10.2. The third kappa shape index (κ3) is 4.42. The molecule has 0 saturated heterocycles. The lowest BCUT2D eigenvalue weighted by Gasteiger charge is -2.09. The molecule has 120 valence electrons. The van der Waals surface area contributed by atoms with E-state index in [1.807, 2.05) is 32.0 Å². The highest BCUT2D eigenvalue weighted by Gasteiger charge is 2.11. The van der Waals surface area contributed by atoms with Crippen LogP contribution >= 0.6 is 0 Å². The van der Waals surface area contributed by atoms with Crippen LogP contribution in [0.5, 0.6) is 5.75 Å². The van der Waals surface area contributed by atoms with Gasteiger partial charge in [0.2, 0.25) is 0 Å². The summed E-state index contributed by atoms with van der Waals surface area (Å²) in [5.41, 5.74) is 3.18. The Morgan fingerprint density at radius 3 is 2.30 bits per heavy atom. The van der Waals surface area contributed by atoms with Gasteiger partial charge >= 0.3 is 5.97 Å². The van der Waals surface area contributed by atoms with E-state index >= 15 is 0 Å². The molecule has 0 amide bonds. The van der Waals surface area contributed by atoms with Crippen molar-refractivity contribution in [1.29, 1.82) is 0 Å². The van der Waals surface area contributed by atoms with Crippen molar-refractivity contribution in [3.63, 3.8) is 0 Å². The minimum absolute atomic E-state index is 0.0390. The molecule has 2 aromatic rings. The summed E-state index contributed by atoms with van der Waals surface area (Å²) in [4.78, 5) is 23.8. The van der Waals surface area contributed by atoms with Gasteiger partial charge in [0.25, 0.3) is 0 Å². The van der Waals surface area contributed by atoms with Gasteiger partial charge in [-0.05, 0) is 50.6 Å². The first kappa shape index (κ1) is 16.7. The van der Waals surface area contributed by atoms with Gasteiger partial charge in [-0.3, -0.25) is 4.79 Å². The van der Waals surface area contributed by atoms with Crippen molar-refractivity contribution < 1.29 is 19.1 Å². The number of carbonyl (C=O) groups is 2. The van der Waals surface area contributed by atoms with Gasteiger partial charge in [-0.15, -0.1) is 0 Å². The minimum Gasteiger partial charge on any atom is -0.485 e. The number of ketones is 1. The molecule has 0 heterocycles. The van der Waals surface area contributed by atoms with Crippen molar-refractivity contribution >= 4 is 11.8 Å². The molecule has 0 atom stereocenters. The van der Waals surface area contributed by atoms with Crippen LogP contribution < -0.4 is 4.74 Å². The van der Waals surface area contributed by atoms with E-state index in [1.54, 1.807) is 31.2 Å². The monoisotopic (exact) mass is 312 g/mol. The standard InChI is InChI=1S/C19H20O4/c1-4-22-19(21)15-6-8-16(9-7-15)23-12-18(20)17-10-5-13(2)11-14(17)3/h5-11H,4,12H2,1-3H3. The number of rotatable bonds is 6. The second-order valence-electron chi connectivity index (χ2n) is 5.28. The molecule has 0 radical (unpaired) electrons. The van der Waals surface area contributed by atoms with E-state index in [-0.39, 0.29) is 18.4 Å². The van der Waals surface area contributed by atoms with Crippen LogP contribution in [-0.2, 0) is 4.74 Å². The van der Waals surface area contributed by atoms with Gasteiger partial charge in [-0.25, -0.2) is 4.79 Å². The number of hydrogen-bond donors (Lipinski definition) is 0. The van der Waals surface area contributed by atoms with Gasteiger partial charge < -0.3 is 9.47 Å². The molecule has 0 saturated carbocycles. The maximum absolute atomic E-state index is 12.2. The summed E-state index contributed by atoms with van der Waals surface area (Å²) in [5.74, 6) is 0.0959. The number of benzene rings is 2. The minimum atomic E-state index is -0.370. The molecule has 0 unspecified atom stereocenters. The van der Waals surface area contributed by atoms with Gasteiger partial charge in [0.15, 0.2) is 12.4 Å². The fourth-order valence-electron chi connectivity index (χ4n) is 2.25. The van der Waals surface area contributed by atoms with Gasteiger partial charge in [0, 0.05) is 5.56 Å². The summed E-state index contributed by atoms with van der Waals surface area (Å²) >= 11 is 0. The summed E-state index contributed by atoms with van der Waals surface area (Å²) in [6.07, 6.45) is 0. The van der Waals surface area contributed by atoms with Crippen LogP contribution in [0.15, 0.2) is 42.5 Å². The lowest BCUT2D eigenvalue weighted by Crippen LogP contribution is -2.13. The number of ether oxygens (including phenoxy) is 2. The molecule has 0 aliphatic rings. The SMILES string of the molecule is CCOC(=O)c1ccc(OCC(=O)c2ccc(C)cc2C)cc1. The van der Waals surface area contributed by atoms with Crippen LogP contribution in [0.25, 0.3) is 0 Å². The summed E-state index contributed by atoms with van der Waals surface area (Å²) in [6.45, 7) is 5.95. The fourth-order valence-corrected chi connectivity index (χ4v) is 2.25. The van der Waals surface area contributed by atoms with Crippen molar-refractivity contribution in [2.75, 3.05) is 13.2 Å². The van der Waals surface area contributed by atoms with E-state index in [4.69, 9.17) is 9.47 Å². The third-order valence-electron chi connectivity index (χ3n) is 3.42. The maximum atomic E-state index is 12.2. The predicted molar refractivity (Wildman–Crippen MR) is 88.1 cm³/mol. The Kier molecular flexibility index (Phi) is 5.52. The molecule has 0 aromatic heterocycles. The van der Waals surface area contributed by atoms with Gasteiger partial charge in [-0.2, -0.15) is 0 Å². The molecule has 2 aromatic carbocycles. The lowest BCUT2D eigenvalue weighted by molar-refractivity contribution is 0.0526. The average Bonchev–Trinajstić information content (AvgIpc) is 2.53. The molecule has 0 bridgehead atoms. The zero-order chi connectivity index (χ0) is 16.8. The Morgan fingerprint density at radius 1 is 1.00 bits per heavy atom. The topological polar surface area (TPSA) is 52.6 Å².